The van der Waals surface area contributed by atoms with Crippen LogP contribution in [0, 0.1) is 0 Å². The number of aromatic nitrogens is 2. The minimum absolute atomic E-state index is 0.0242. The average Bonchev–Trinajstić information content (AvgIpc) is 3.15. The minimum Gasteiger partial charge on any atom is -0.331 e. The number of piperidine rings is 1. The van der Waals surface area contributed by atoms with Crippen LogP contribution >= 0.6 is 0 Å². The lowest BCUT2D eigenvalue weighted by atomic mass is 10.1. The number of hydrogen-bond donors (Lipinski definition) is 2. The van der Waals surface area contributed by atoms with Crippen molar-refractivity contribution in [3.63, 3.8) is 0 Å². The first-order valence-corrected chi connectivity index (χ1v) is 10.9. The Morgan fingerprint density at radius 2 is 1.82 bits per heavy atom. The van der Waals surface area contributed by atoms with Crippen LogP contribution in [0.4, 0.5) is 5.69 Å². The molecular weight excluding hydrogens is 372 g/mol. The first-order valence-electron chi connectivity index (χ1n) is 9.62. The van der Waals surface area contributed by atoms with Crippen molar-refractivity contribution in [3.05, 3.63) is 54.1 Å². The Labute approximate surface area is 166 Å². The normalized spacial score (nSPS) is 16.1. The van der Waals surface area contributed by atoms with E-state index in [0.29, 0.717) is 23.1 Å². The third kappa shape index (κ3) is 4.48. The van der Waals surface area contributed by atoms with Gasteiger partial charge < -0.3 is 10.3 Å². The van der Waals surface area contributed by atoms with Crippen LogP contribution in [0.1, 0.15) is 24.8 Å². The van der Waals surface area contributed by atoms with Gasteiger partial charge in [0.2, 0.25) is 5.91 Å². The summed E-state index contributed by atoms with van der Waals surface area (Å²) in [5, 5.41) is 3.45. The number of para-hydroxylation sites is 3. The number of hydrogen-bond acceptors (Lipinski definition) is 4. The smallest absolute Gasteiger partial charge is 0.238 e. The molecule has 7 heteroatoms. The fourth-order valence-corrected chi connectivity index (χ4v) is 4.62. The quantitative estimate of drug-likeness (QED) is 0.670. The van der Waals surface area contributed by atoms with Crippen LogP contribution in [0.3, 0.4) is 0 Å². The van der Waals surface area contributed by atoms with E-state index in [1.807, 2.05) is 48.5 Å². The molecule has 1 aliphatic heterocycles. The molecule has 2 heterocycles. The maximum atomic E-state index is 12.8. The van der Waals surface area contributed by atoms with E-state index >= 15 is 0 Å². The van der Waals surface area contributed by atoms with Crippen molar-refractivity contribution < 1.29 is 9.00 Å². The lowest BCUT2D eigenvalue weighted by Gasteiger charge is -2.25. The van der Waals surface area contributed by atoms with Crippen LogP contribution in [-0.4, -0.2) is 44.6 Å². The van der Waals surface area contributed by atoms with Crippen molar-refractivity contribution in [3.8, 4) is 0 Å². The molecule has 2 N–H and O–H groups in total. The molecule has 1 atom stereocenters. The highest BCUT2D eigenvalue weighted by molar-refractivity contribution is 7.84. The second kappa shape index (κ2) is 8.67. The van der Waals surface area contributed by atoms with Crippen LogP contribution in [0.5, 0.6) is 0 Å². The van der Waals surface area contributed by atoms with Crippen LogP contribution in [-0.2, 0) is 21.3 Å². The van der Waals surface area contributed by atoms with Crippen LogP contribution in [0.15, 0.2) is 53.7 Å². The molecule has 0 spiro atoms. The highest BCUT2D eigenvalue weighted by Gasteiger charge is 2.16. The summed E-state index contributed by atoms with van der Waals surface area (Å²) >= 11 is 0. The number of amides is 1. The largest absolute Gasteiger partial charge is 0.331 e. The molecule has 3 aromatic rings. The standard InChI is InChI=1S/C21H24N4O2S/c26-20(14-25-12-6-1-7-13-25)22-17-9-3-2-8-16(17)15-28(27)21-23-18-10-4-5-11-19(18)24-21/h2-5,8-11H,1,6-7,12-15H2,(H,22,26)(H,23,24). The topological polar surface area (TPSA) is 78.1 Å². The van der Waals surface area contributed by atoms with E-state index in [0.717, 1.165) is 42.5 Å². The van der Waals surface area contributed by atoms with Gasteiger partial charge in [-0.1, -0.05) is 36.8 Å². The van der Waals surface area contributed by atoms with Gasteiger partial charge >= 0.3 is 0 Å². The van der Waals surface area contributed by atoms with Gasteiger partial charge in [0.15, 0.2) is 5.16 Å². The molecule has 2 aromatic carbocycles. The number of nitrogens with one attached hydrogen (secondary N) is 2. The van der Waals surface area contributed by atoms with Gasteiger partial charge in [0, 0.05) is 5.69 Å². The summed E-state index contributed by atoms with van der Waals surface area (Å²) in [7, 11) is -1.33. The van der Waals surface area contributed by atoms with Gasteiger partial charge in [0.1, 0.15) is 0 Å². The van der Waals surface area contributed by atoms with Gasteiger partial charge in [-0.2, -0.15) is 0 Å². The van der Waals surface area contributed by atoms with Crippen LogP contribution in [0.2, 0.25) is 0 Å². The van der Waals surface area contributed by atoms with E-state index < -0.39 is 10.8 Å². The fraction of sp³-hybridized carbons (Fsp3) is 0.333. The summed E-state index contributed by atoms with van der Waals surface area (Å²) in [5.74, 6) is 0.267. The molecule has 1 amide bonds. The zero-order valence-corrected chi connectivity index (χ0v) is 16.5. The third-order valence-electron chi connectivity index (χ3n) is 4.98. The number of likely N-dealkylation sites (tertiary alicyclic amines) is 1. The highest BCUT2D eigenvalue weighted by Crippen LogP contribution is 2.21. The van der Waals surface area contributed by atoms with Crippen molar-refractivity contribution in [1.29, 1.82) is 0 Å². The van der Waals surface area contributed by atoms with Gasteiger partial charge in [0.05, 0.1) is 34.1 Å². The summed E-state index contributed by atoms with van der Waals surface area (Å²) in [5.41, 5.74) is 3.23. The highest BCUT2D eigenvalue weighted by atomic mass is 32.2. The number of anilines is 1. The number of imidazole rings is 1. The second-order valence-corrected chi connectivity index (χ2v) is 8.46. The Kier molecular flexibility index (Phi) is 5.83. The maximum absolute atomic E-state index is 12.8. The van der Waals surface area contributed by atoms with E-state index in [1.54, 1.807) is 0 Å². The molecule has 0 saturated carbocycles. The second-order valence-electron chi connectivity index (χ2n) is 7.09. The molecule has 4 rings (SSSR count). The summed E-state index contributed by atoms with van der Waals surface area (Å²) in [4.78, 5) is 22.2. The maximum Gasteiger partial charge on any atom is 0.238 e. The van der Waals surface area contributed by atoms with Crippen molar-refractivity contribution in [2.45, 2.75) is 30.2 Å². The van der Waals surface area contributed by atoms with Gasteiger partial charge in [0.25, 0.3) is 0 Å². The molecule has 1 fully saturated rings. The Hall–Kier alpha value is -2.51. The average molecular weight is 397 g/mol. The van der Waals surface area contributed by atoms with Gasteiger partial charge in [-0.05, 0) is 49.7 Å². The SMILES string of the molecule is O=C(CN1CCCCC1)Nc1ccccc1CS(=O)c1nc2ccccc2[nH]1. The van der Waals surface area contributed by atoms with Gasteiger partial charge in [-0.15, -0.1) is 0 Å². The molecule has 28 heavy (non-hydrogen) atoms. The minimum atomic E-state index is -1.33. The molecule has 6 nitrogen and oxygen atoms in total. The van der Waals surface area contributed by atoms with Gasteiger partial charge in [-0.25, -0.2) is 4.98 Å². The van der Waals surface area contributed by atoms with E-state index in [9.17, 15) is 9.00 Å². The predicted molar refractivity (Wildman–Crippen MR) is 112 cm³/mol. The molecule has 1 aliphatic rings. The summed E-state index contributed by atoms with van der Waals surface area (Å²) in [6.07, 6.45) is 3.55. The Morgan fingerprint density at radius 3 is 2.64 bits per heavy atom. The van der Waals surface area contributed by atoms with E-state index in [-0.39, 0.29) is 5.91 Å². The first-order chi connectivity index (χ1) is 13.7. The molecule has 1 aromatic heterocycles. The van der Waals surface area contributed by atoms with E-state index in [1.165, 1.54) is 6.42 Å². The summed E-state index contributed by atoms with van der Waals surface area (Å²) in [6, 6.07) is 15.2. The number of aromatic amines is 1. The number of carbonyl (C=O) groups excluding carboxylic acids is 1. The molecule has 146 valence electrons. The lowest BCUT2D eigenvalue weighted by Crippen LogP contribution is -2.37. The molecule has 0 bridgehead atoms. The summed E-state index contributed by atoms with van der Waals surface area (Å²) < 4.78 is 12.8. The van der Waals surface area contributed by atoms with Crippen LogP contribution in [0.25, 0.3) is 11.0 Å². The zero-order chi connectivity index (χ0) is 19.3. The number of rotatable bonds is 6. The van der Waals surface area contributed by atoms with E-state index in [4.69, 9.17) is 0 Å². The number of fused-ring (bicyclic) bond motifs is 1. The number of carbonyl (C=O) groups is 1. The number of benzene rings is 2. The van der Waals surface area contributed by atoms with E-state index in [2.05, 4.69) is 20.2 Å². The zero-order valence-electron chi connectivity index (χ0n) is 15.7. The Bertz CT molecular complexity index is 962. The third-order valence-corrected chi connectivity index (χ3v) is 6.18. The Morgan fingerprint density at radius 1 is 1.07 bits per heavy atom. The van der Waals surface area contributed by atoms with Crippen molar-refractivity contribution in [1.82, 2.24) is 14.9 Å². The molecule has 1 saturated heterocycles. The Balaban J connectivity index is 1.44. The van der Waals surface area contributed by atoms with Crippen LogP contribution < -0.4 is 5.32 Å². The number of nitrogens with zero attached hydrogens (tertiary/aromatic N) is 2. The molecule has 1 unspecified atom stereocenters. The first kappa shape index (κ1) is 18.8. The van der Waals surface area contributed by atoms with Crippen molar-refractivity contribution in [2.75, 3.05) is 25.0 Å². The van der Waals surface area contributed by atoms with Gasteiger partial charge in [-0.3, -0.25) is 13.9 Å². The van der Waals surface area contributed by atoms with Crippen molar-refractivity contribution in [2.24, 2.45) is 0 Å². The van der Waals surface area contributed by atoms with Crippen molar-refractivity contribution >= 4 is 33.4 Å². The molecule has 0 radical (unpaired) electrons. The number of H-pyrrole nitrogens is 1. The fourth-order valence-electron chi connectivity index (χ4n) is 3.53. The summed E-state index contributed by atoms with van der Waals surface area (Å²) in [6.45, 7) is 2.36. The predicted octanol–water partition coefficient (Wildman–Crippen LogP) is 3.30. The lowest BCUT2D eigenvalue weighted by molar-refractivity contribution is -0.117. The molecular formula is C21H24N4O2S. The molecule has 0 aliphatic carbocycles. The monoisotopic (exact) mass is 396 g/mol.